The summed E-state index contributed by atoms with van der Waals surface area (Å²) in [6, 6.07) is 18.2. The van der Waals surface area contributed by atoms with Gasteiger partial charge in [0, 0.05) is 32.0 Å². The maximum absolute atomic E-state index is 13.0. The van der Waals surface area contributed by atoms with Gasteiger partial charge in [-0.3, -0.25) is 14.9 Å². The summed E-state index contributed by atoms with van der Waals surface area (Å²) in [5.41, 5.74) is 2.76. The number of hydrogen-bond acceptors (Lipinski definition) is 7. The topological polar surface area (TPSA) is 102 Å². The first-order valence-electron chi connectivity index (χ1n) is 11.2. The lowest BCUT2D eigenvalue weighted by atomic mass is 10.2. The minimum absolute atomic E-state index is 0.123. The predicted molar refractivity (Wildman–Crippen MR) is 139 cm³/mol. The van der Waals surface area contributed by atoms with E-state index in [1.54, 1.807) is 43.5 Å². The highest BCUT2D eigenvalue weighted by molar-refractivity contribution is 7.17. The van der Waals surface area contributed by atoms with Crippen molar-refractivity contribution in [1.82, 2.24) is 14.5 Å². The van der Waals surface area contributed by atoms with Gasteiger partial charge in [-0.25, -0.2) is 9.97 Å². The Bertz CT molecular complexity index is 1510. The molecule has 0 bridgehead atoms. The highest BCUT2D eigenvalue weighted by Gasteiger charge is 2.19. The van der Waals surface area contributed by atoms with Crippen LogP contribution >= 0.6 is 11.3 Å². The van der Waals surface area contributed by atoms with Gasteiger partial charge in [0.2, 0.25) is 5.95 Å². The molecule has 36 heavy (non-hydrogen) atoms. The lowest BCUT2D eigenvalue weighted by molar-refractivity contribution is 0.0991. The quantitative estimate of drug-likeness (QED) is 0.324. The van der Waals surface area contributed by atoms with E-state index in [1.165, 1.54) is 17.7 Å². The number of nitrogens with one attached hydrogen (secondary N) is 1. The number of hydrogen-bond donors (Lipinski definition) is 1. The van der Waals surface area contributed by atoms with E-state index in [2.05, 4.69) is 15.3 Å². The standard InChI is InChI=1S/C26H23N5O4S/c1-30(25(33)17-6-4-3-5-7-17)18-8-9-20-19(14-18)28-26(31(20)12-13-34-2)29-24(32)23-11-10-22(36-23)21-15-27-16-35-21/h3-11,14-16H,12-13H2,1-2H3,(H,28,29,32). The number of carbonyl (C=O) groups excluding carboxylic acids is 2. The zero-order chi connectivity index (χ0) is 25.1. The van der Waals surface area contributed by atoms with Crippen LogP contribution in [0.1, 0.15) is 20.0 Å². The normalized spacial score (nSPS) is 11.1. The SMILES string of the molecule is COCCn1c(NC(=O)c2ccc(-c3cnco3)s2)nc2cc(N(C)C(=O)c3ccccc3)ccc21. The van der Waals surface area contributed by atoms with Crippen molar-refractivity contribution in [3.63, 3.8) is 0 Å². The Balaban J connectivity index is 1.43. The summed E-state index contributed by atoms with van der Waals surface area (Å²) in [6.45, 7) is 0.936. The van der Waals surface area contributed by atoms with Crippen LogP contribution < -0.4 is 10.2 Å². The maximum Gasteiger partial charge on any atom is 0.268 e. The van der Waals surface area contributed by atoms with Gasteiger partial charge in [0.25, 0.3) is 11.8 Å². The molecule has 0 saturated heterocycles. The van der Waals surface area contributed by atoms with Crippen LogP contribution in [0.25, 0.3) is 21.7 Å². The third-order valence-electron chi connectivity index (χ3n) is 5.69. The number of imidazole rings is 1. The van der Waals surface area contributed by atoms with Crippen molar-refractivity contribution in [1.29, 1.82) is 0 Å². The van der Waals surface area contributed by atoms with Crippen LogP contribution in [0.4, 0.5) is 11.6 Å². The van der Waals surface area contributed by atoms with Crippen LogP contribution in [0.2, 0.25) is 0 Å². The minimum atomic E-state index is -0.281. The summed E-state index contributed by atoms with van der Waals surface area (Å²) in [5, 5.41) is 2.92. The number of anilines is 2. The number of carbonyl (C=O) groups is 2. The van der Waals surface area contributed by atoms with Gasteiger partial charge in [0.1, 0.15) is 0 Å². The van der Waals surface area contributed by atoms with E-state index in [4.69, 9.17) is 9.15 Å². The Hall–Kier alpha value is -4.28. The summed E-state index contributed by atoms with van der Waals surface area (Å²) >= 11 is 1.30. The fraction of sp³-hybridized carbons (Fsp3) is 0.154. The molecule has 9 nitrogen and oxygen atoms in total. The number of benzene rings is 2. The van der Waals surface area contributed by atoms with E-state index in [-0.39, 0.29) is 11.8 Å². The number of methoxy groups -OCH3 is 1. The molecule has 0 fully saturated rings. The van der Waals surface area contributed by atoms with Crippen LogP contribution in [-0.4, -0.2) is 47.1 Å². The van der Waals surface area contributed by atoms with Gasteiger partial charge in [-0.05, 0) is 42.5 Å². The summed E-state index contributed by atoms with van der Waals surface area (Å²) in [4.78, 5) is 37.4. The molecule has 182 valence electrons. The lowest BCUT2D eigenvalue weighted by Gasteiger charge is -2.17. The van der Waals surface area contributed by atoms with Crippen molar-refractivity contribution in [2.75, 3.05) is 31.0 Å². The number of rotatable bonds is 8. The van der Waals surface area contributed by atoms with Crippen LogP contribution in [-0.2, 0) is 11.3 Å². The van der Waals surface area contributed by atoms with Crippen molar-refractivity contribution in [3.8, 4) is 10.6 Å². The molecule has 3 aromatic heterocycles. The second-order valence-electron chi connectivity index (χ2n) is 7.97. The zero-order valence-corrected chi connectivity index (χ0v) is 20.5. The van der Waals surface area contributed by atoms with Gasteiger partial charge in [-0.2, -0.15) is 0 Å². The van der Waals surface area contributed by atoms with Crippen molar-refractivity contribution in [2.45, 2.75) is 6.54 Å². The van der Waals surface area contributed by atoms with Crippen LogP contribution in [0.5, 0.6) is 0 Å². The number of oxazole rings is 1. The van der Waals surface area contributed by atoms with E-state index in [0.29, 0.717) is 46.5 Å². The van der Waals surface area contributed by atoms with E-state index < -0.39 is 0 Å². The molecule has 0 spiro atoms. The van der Waals surface area contributed by atoms with Gasteiger partial charge in [-0.15, -0.1) is 11.3 Å². The van der Waals surface area contributed by atoms with Gasteiger partial charge in [0.15, 0.2) is 12.2 Å². The summed E-state index contributed by atoms with van der Waals surface area (Å²) in [5.74, 6) is 0.600. The first-order chi connectivity index (χ1) is 17.5. The second-order valence-corrected chi connectivity index (χ2v) is 9.05. The average Bonchev–Trinajstić information content (AvgIpc) is 3.67. The number of thiophene rings is 1. The molecule has 1 N–H and O–H groups in total. The van der Waals surface area contributed by atoms with Gasteiger partial charge in [0.05, 0.1) is 33.6 Å². The zero-order valence-electron chi connectivity index (χ0n) is 19.7. The van der Waals surface area contributed by atoms with Crippen molar-refractivity contribution in [2.24, 2.45) is 0 Å². The highest BCUT2D eigenvalue weighted by Crippen LogP contribution is 2.29. The maximum atomic E-state index is 13.0. The van der Waals surface area contributed by atoms with Gasteiger partial charge in [-0.1, -0.05) is 18.2 Å². The van der Waals surface area contributed by atoms with Crippen LogP contribution in [0, 0.1) is 0 Å². The number of fused-ring (bicyclic) bond motifs is 1. The molecule has 2 aromatic carbocycles. The molecule has 2 amide bonds. The molecule has 3 heterocycles. The van der Waals surface area contributed by atoms with Crippen molar-refractivity contribution < 1.29 is 18.7 Å². The van der Waals surface area contributed by atoms with Crippen molar-refractivity contribution >= 4 is 45.8 Å². The molecule has 0 aliphatic rings. The molecule has 0 atom stereocenters. The van der Waals surface area contributed by atoms with Crippen molar-refractivity contribution in [3.05, 3.63) is 83.7 Å². The predicted octanol–water partition coefficient (Wildman–Crippen LogP) is 4.93. The van der Waals surface area contributed by atoms with Gasteiger partial charge >= 0.3 is 0 Å². The Kier molecular flexibility index (Phi) is 6.61. The number of aromatic nitrogens is 3. The Morgan fingerprint density at radius 3 is 2.72 bits per heavy atom. The largest absolute Gasteiger partial charge is 0.443 e. The van der Waals surface area contributed by atoms with E-state index >= 15 is 0 Å². The smallest absolute Gasteiger partial charge is 0.268 e. The third-order valence-corrected chi connectivity index (χ3v) is 6.79. The van der Waals surface area contributed by atoms with Crippen LogP contribution in [0.3, 0.4) is 0 Å². The fourth-order valence-electron chi connectivity index (χ4n) is 3.82. The molecule has 0 radical (unpaired) electrons. The number of nitrogens with zero attached hydrogens (tertiary/aromatic N) is 4. The molecule has 0 saturated carbocycles. The molecule has 0 unspecified atom stereocenters. The van der Waals surface area contributed by atoms with Crippen LogP contribution in [0.15, 0.2) is 77.7 Å². The highest BCUT2D eigenvalue weighted by atomic mass is 32.1. The molecule has 10 heteroatoms. The van der Waals surface area contributed by atoms with E-state index in [9.17, 15) is 9.59 Å². The second kappa shape index (κ2) is 10.1. The first-order valence-corrected chi connectivity index (χ1v) is 12.0. The minimum Gasteiger partial charge on any atom is -0.443 e. The Morgan fingerprint density at radius 2 is 1.97 bits per heavy atom. The van der Waals surface area contributed by atoms with E-state index in [1.807, 2.05) is 47.0 Å². The average molecular weight is 502 g/mol. The fourth-order valence-corrected chi connectivity index (χ4v) is 4.67. The summed E-state index contributed by atoms with van der Waals surface area (Å²) < 4.78 is 12.5. The first kappa shape index (κ1) is 23.5. The molecular formula is C26H23N5O4S. The summed E-state index contributed by atoms with van der Waals surface area (Å²) in [6.07, 6.45) is 2.96. The molecule has 5 rings (SSSR count). The molecule has 5 aromatic rings. The van der Waals surface area contributed by atoms with Gasteiger partial charge < -0.3 is 18.6 Å². The molecule has 0 aliphatic heterocycles. The third kappa shape index (κ3) is 4.64. The Morgan fingerprint density at radius 1 is 1.14 bits per heavy atom. The monoisotopic (exact) mass is 501 g/mol. The number of ether oxygens (including phenoxy) is 1. The van der Waals surface area contributed by atoms with E-state index in [0.717, 1.165) is 10.4 Å². The Labute approximate surface area is 211 Å². The number of amides is 2. The lowest BCUT2D eigenvalue weighted by Crippen LogP contribution is -2.26. The molecular weight excluding hydrogens is 478 g/mol. The summed E-state index contributed by atoms with van der Waals surface area (Å²) in [7, 11) is 3.35. The molecule has 0 aliphatic carbocycles.